The molecule has 2 rings (SSSR count). The van der Waals surface area contributed by atoms with E-state index < -0.39 is 5.97 Å². The molecule has 0 saturated carbocycles. The minimum Gasteiger partial charge on any atom is -0.497 e. The zero-order valence-corrected chi connectivity index (χ0v) is 10.0. The van der Waals surface area contributed by atoms with Crippen molar-refractivity contribution in [2.75, 3.05) is 7.11 Å². The molecule has 0 radical (unpaired) electrons. The van der Waals surface area contributed by atoms with Gasteiger partial charge < -0.3 is 9.84 Å². The van der Waals surface area contributed by atoms with Crippen LogP contribution in [-0.4, -0.2) is 28.2 Å². The molecule has 0 aliphatic rings. The lowest BCUT2D eigenvalue weighted by molar-refractivity contribution is 0.0690. The van der Waals surface area contributed by atoms with Crippen LogP contribution < -0.4 is 4.74 Å². The third-order valence-corrected chi connectivity index (χ3v) is 2.44. The predicted molar refractivity (Wildman–Crippen MR) is 65.7 cm³/mol. The summed E-state index contributed by atoms with van der Waals surface area (Å²) in [5.41, 5.74) is 1.40. The number of aromatic carboxylic acids is 1. The van der Waals surface area contributed by atoms with Crippen LogP contribution >= 0.6 is 0 Å². The number of hydrogen-bond donors (Lipinski definition) is 1. The molecule has 1 aromatic heterocycles. The number of nitrogens with zero attached hydrogens (tertiary/aromatic N) is 2. The number of benzene rings is 1. The first-order valence-corrected chi connectivity index (χ1v) is 5.33. The standard InChI is InChI=1S/C13H12N2O3/c1-8-14-11(7-12(15-8)13(16)17)9-3-5-10(18-2)6-4-9/h3-7H,1-2H3,(H,16,17). The van der Waals surface area contributed by atoms with Crippen molar-refractivity contribution in [3.8, 4) is 17.0 Å². The first kappa shape index (κ1) is 12.0. The summed E-state index contributed by atoms with van der Waals surface area (Å²) in [6.07, 6.45) is 0. The molecule has 2 aromatic rings. The Bertz CT molecular complexity index is 579. The Balaban J connectivity index is 2.46. The van der Waals surface area contributed by atoms with Crippen molar-refractivity contribution >= 4 is 5.97 Å². The highest BCUT2D eigenvalue weighted by Crippen LogP contribution is 2.21. The van der Waals surface area contributed by atoms with Crippen molar-refractivity contribution in [2.45, 2.75) is 6.92 Å². The lowest BCUT2D eigenvalue weighted by atomic mass is 10.1. The number of aryl methyl sites for hydroxylation is 1. The van der Waals surface area contributed by atoms with Crippen molar-refractivity contribution in [2.24, 2.45) is 0 Å². The normalized spacial score (nSPS) is 10.1. The minimum atomic E-state index is -1.06. The Kier molecular flexibility index (Phi) is 3.23. The number of rotatable bonds is 3. The highest BCUT2D eigenvalue weighted by Gasteiger charge is 2.09. The van der Waals surface area contributed by atoms with Gasteiger partial charge in [-0.2, -0.15) is 0 Å². The lowest BCUT2D eigenvalue weighted by Crippen LogP contribution is -2.04. The van der Waals surface area contributed by atoms with Gasteiger partial charge in [-0.1, -0.05) is 0 Å². The monoisotopic (exact) mass is 244 g/mol. The lowest BCUT2D eigenvalue weighted by Gasteiger charge is -2.05. The summed E-state index contributed by atoms with van der Waals surface area (Å²) in [5, 5.41) is 8.95. The Morgan fingerprint density at radius 1 is 1.22 bits per heavy atom. The van der Waals surface area contributed by atoms with E-state index in [1.54, 1.807) is 26.2 Å². The van der Waals surface area contributed by atoms with Gasteiger partial charge >= 0.3 is 5.97 Å². The molecule has 1 heterocycles. The van der Waals surface area contributed by atoms with E-state index in [1.165, 1.54) is 6.07 Å². The maximum atomic E-state index is 10.9. The molecule has 5 heteroatoms. The fraction of sp³-hybridized carbons (Fsp3) is 0.154. The van der Waals surface area contributed by atoms with Crippen LogP contribution in [0, 0.1) is 6.92 Å². The van der Waals surface area contributed by atoms with E-state index in [9.17, 15) is 4.79 Å². The zero-order chi connectivity index (χ0) is 13.1. The maximum absolute atomic E-state index is 10.9. The van der Waals surface area contributed by atoms with E-state index in [0.717, 1.165) is 11.3 Å². The Labute approximate surface area is 104 Å². The summed E-state index contributed by atoms with van der Waals surface area (Å²) in [4.78, 5) is 19.0. The SMILES string of the molecule is COc1ccc(-c2cc(C(=O)O)nc(C)n2)cc1. The van der Waals surface area contributed by atoms with Gasteiger partial charge in [0.2, 0.25) is 0 Å². The number of hydrogen-bond acceptors (Lipinski definition) is 4. The highest BCUT2D eigenvalue weighted by atomic mass is 16.5. The van der Waals surface area contributed by atoms with Gasteiger partial charge in [0.1, 0.15) is 11.6 Å². The van der Waals surface area contributed by atoms with Gasteiger partial charge in [-0.25, -0.2) is 14.8 Å². The Morgan fingerprint density at radius 3 is 2.44 bits per heavy atom. The second kappa shape index (κ2) is 4.83. The number of carboxylic acid groups (broad SMARTS) is 1. The maximum Gasteiger partial charge on any atom is 0.354 e. The number of carboxylic acids is 1. The van der Waals surface area contributed by atoms with Gasteiger partial charge in [0.05, 0.1) is 12.8 Å². The number of aromatic nitrogens is 2. The Morgan fingerprint density at radius 2 is 1.89 bits per heavy atom. The van der Waals surface area contributed by atoms with Crippen LogP contribution in [0.5, 0.6) is 5.75 Å². The van der Waals surface area contributed by atoms with Crippen molar-refractivity contribution in [3.63, 3.8) is 0 Å². The smallest absolute Gasteiger partial charge is 0.354 e. The predicted octanol–water partition coefficient (Wildman–Crippen LogP) is 2.16. The van der Waals surface area contributed by atoms with Crippen LogP contribution in [0.15, 0.2) is 30.3 Å². The van der Waals surface area contributed by atoms with Crippen molar-refractivity contribution in [1.29, 1.82) is 0 Å². The average Bonchev–Trinajstić information content (AvgIpc) is 2.38. The summed E-state index contributed by atoms with van der Waals surface area (Å²) >= 11 is 0. The molecule has 5 nitrogen and oxygen atoms in total. The Hall–Kier alpha value is -2.43. The molecule has 0 saturated heterocycles. The quantitative estimate of drug-likeness (QED) is 0.895. The molecule has 0 fully saturated rings. The number of carbonyl (C=O) groups is 1. The van der Waals surface area contributed by atoms with Crippen LogP contribution in [0.3, 0.4) is 0 Å². The minimum absolute atomic E-state index is 0.00619. The summed E-state index contributed by atoms with van der Waals surface area (Å²) in [6.45, 7) is 1.67. The largest absolute Gasteiger partial charge is 0.497 e. The first-order chi connectivity index (χ1) is 8.60. The molecule has 1 aromatic carbocycles. The van der Waals surface area contributed by atoms with Crippen molar-refractivity contribution < 1.29 is 14.6 Å². The van der Waals surface area contributed by atoms with Crippen LogP contribution in [0.4, 0.5) is 0 Å². The van der Waals surface area contributed by atoms with Crippen molar-refractivity contribution in [3.05, 3.63) is 41.9 Å². The van der Waals surface area contributed by atoms with E-state index in [4.69, 9.17) is 9.84 Å². The van der Waals surface area contributed by atoms with E-state index in [0.29, 0.717) is 11.5 Å². The second-order valence-corrected chi connectivity index (χ2v) is 3.72. The molecule has 0 bridgehead atoms. The van der Waals surface area contributed by atoms with E-state index >= 15 is 0 Å². The molecule has 0 aliphatic carbocycles. The molecule has 0 atom stereocenters. The molecular formula is C13H12N2O3. The summed E-state index contributed by atoms with van der Waals surface area (Å²) < 4.78 is 5.06. The van der Waals surface area contributed by atoms with Gasteiger partial charge in [0.15, 0.2) is 5.69 Å². The summed E-state index contributed by atoms with van der Waals surface area (Å²) in [5.74, 6) is 0.110. The molecule has 0 aliphatic heterocycles. The molecule has 92 valence electrons. The van der Waals surface area contributed by atoms with Crippen LogP contribution in [0.2, 0.25) is 0 Å². The molecule has 0 amide bonds. The molecular weight excluding hydrogens is 232 g/mol. The van der Waals surface area contributed by atoms with Gasteiger partial charge in [-0.15, -0.1) is 0 Å². The number of methoxy groups -OCH3 is 1. The fourth-order valence-electron chi connectivity index (χ4n) is 1.59. The first-order valence-electron chi connectivity index (χ1n) is 5.33. The van der Waals surface area contributed by atoms with Gasteiger partial charge in [0, 0.05) is 5.56 Å². The zero-order valence-electron chi connectivity index (χ0n) is 10.0. The van der Waals surface area contributed by atoms with Crippen LogP contribution in [0.25, 0.3) is 11.3 Å². The average molecular weight is 244 g/mol. The molecule has 18 heavy (non-hydrogen) atoms. The molecule has 1 N–H and O–H groups in total. The second-order valence-electron chi connectivity index (χ2n) is 3.72. The van der Waals surface area contributed by atoms with E-state index in [-0.39, 0.29) is 5.69 Å². The van der Waals surface area contributed by atoms with Crippen LogP contribution in [-0.2, 0) is 0 Å². The van der Waals surface area contributed by atoms with E-state index in [2.05, 4.69) is 9.97 Å². The third kappa shape index (κ3) is 2.45. The van der Waals surface area contributed by atoms with Gasteiger partial charge in [-0.3, -0.25) is 0 Å². The van der Waals surface area contributed by atoms with Crippen molar-refractivity contribution in [1.82, 2.24) is 9.97 Å². The van der Waals surface area contributed by atoms with Gasteiger partial charge in [-0.05, 0) is 37.3 Å². The number of ether oxygens (including phenoxy) is 1. The fourth-order valence-corrected chi connectivity index (χ4v) is 1.59. The van der Waals surface area contributed by atoms with E-state index in [1.807, 2.05) is 12.1 Å². The van der Waals surface area contributed by atoms with Gasteiger partial charge in [0.25, 0.3) is 0 Å². The third-order valence-electron chi connectivity index (χ3n) is 2.44. The summed E-state index contributed by atoms with van der Waals surface area (Å²) in [7, 11) is 1.59. The van der Waals surface area contributed by atoms with Crippen LogP contribution in [0.1, 0.15) is 16.3 Å². The topological polar surface area (TPSA) is 72.3 Å². The summed E-state index contributed by atoms with van der Waals surface area (Å²) in [6, 6.07) is 8.70. The molecule has 0 spiro atoms. The molecule has 0 unspecified atom stereocenters. The highest BCUT2D eigenvalue weighted by molar-refractivity contribution is 5.86.